The first kappa shape index (κ1) is 22.4. The summed E-state index contributed by atoms with van der Waals surface area (Å²) in [6.45, 7) is 3.19. The van der Waals surface area contributed by atoms with Crippen LogP contribution in [-0.4, -0.2) is 54.8 Å². The molecule has 0 spiro atoms. The Morgan fingerprint density at radius 1 is 1.06 bits per heavy atom. The van der Waals surface area contributed by atoms with Gasteiger partial charge in [-0.05, 0) is 74.6 Å². The molecule has 0 aliphatic carbocycles. The number of likely N-dealkylation sites (N-methyl/N-ethyl adjacent to an activating group) is 1. The van der Waals surface area contributed by atoms with Crippen molar-refractivity contribution in [2.75, 3.05) is 38.5 Å². The van der Waals surface area contributed by atoms with Crippen molar-refractivity contribution in [2.24, 2.45) is 0 Å². The van der Waals surface area contributed by atoms with Gasteiger partial charge in [0, 0.05) is 42.0 Å². The first-order valence-electron chi connectivity index (χ1n) is 11.1. The standard InChI is InChI=1S/C26H23ClFN3O3/c1-30-9-2-10-31(12-11-30)26(33)16-3-6-22(27)21(13-16)24-8-5-18(34-24)15-20-19-14-17(28)4-7-23(19)29-25(20)32/h3-8,13-15H,2,9-12H2,1H3,(H,29,32)/b20-15+. The number of nitrogens with one attached hydrogen (secondary N) is 1. The van der Waals surface area contributed by atoms with Gasteiger partial charge in [0.05, 0.1) is 10.6 Å². The number of rotatable bonds is 3. The molecule has 2 amide bonds. The van der Waals surface area contributed by atoms with Crippen LogP contribution in [0.3, 0.4) is 0 Å². The molecule has 6 nitrogen and oxygen atoms in total. The van der Waals surface area contributed by atoms with Crippen molar-refractivity contribution in [2.45, 2.75) is 6.42 Å². The largest absolute Gasteiger partial charge is 0.457 e. The van der Waals surface area contributed by atoms with Gasteiger partial charge in [0.25, 0.3) is 11.8 Å². The molecule has 2 aromatic carbocycles. The van der Waals surface area contributed by atoms with Crippen LogP contribution in [0.4, 0.5) is 10.1 Å². The van der Waals surface area contributed by atoms with Crippen molar-refractivity contribution < 1.29 is 18.4 Å². The Labute approximate surface area is 201 Å². The molecule has 3 aromatic rings. The molecule has 1 aromatic heterocycles. The second-order valence-electron chi connectivity index (χ2n) is 8.55. The number of benzene rings is 2. The van der Waals surface area contributed by atoms with Crippen molar-refractivity contribution >= 4 is 40.8 Å². The van der Waals surface area contributed by atoms with Crippen molar-refractivity contribution in [3.63, 3.8) is 0 Å². The van der Waals surface area contributed by atoms with Gasteiger partial charge < -0.3 is 19.5 Å². The van der Waals surface area contributed by atoms with Gasteiger partial charge >= 0.3 is 0 Å². The summed E-state index contributed by atoms with van der Waals surface area (Å²) in [7, 11) is 2.06. The van der Waals surface area contributed by atoms with Crippen LogP contribution in [0.5, 0.6) is 0 Å². The van der Waals surface area contributed by atoms with E-state index in [2.05, 4.69) is 17.3 Å². The molecular weight excluding hydrogens is 457 g/mol. The quantitative estimate of drug-likeness (QED) is 0.536. The summed E-state index contributed by atoms with van der Waals surface area (Å²) in [4.78, 5) is 29.6. The molecule has 2 aliphatic rings. The number of amides is 2. The molecule has 1 N–H and O–H groups in total. The highest BCUT2D eigenvalue weighted by Gasteiger charge is 2.25. The molecule has 174 valence electrons. The summed E-state index contributed by atoms with van der Waals surface area (Å²) in [5.41, 5.74) is 2.48. The van der Waals surface area contributed by atoms with Crippen LogP contribution in [0.1, 0.15) is 28.1 Å². The lowest BCUT2D eigenvalue weighted by atomic mass is 10.1. The van der Waals surface area contributed by atoms with Gasteiger partial charge in [-0.3, -0.25) is 9.59 Å². The third-order valence-electron chi connectivity index (χ3n) is 6.16. The maximum absolute atomic E-state index is 13.7. The first-order valence-corrected chi connectivity index (χ1v) is 11.5. The normalized spacial score (nSPS) is 17.6. The summed E-state index contributed by atoms with van der Waals surface area (Å²) in [6.07, 6.45) is 2.50. The molecule has 34 heavy (non-hydrogen) atoms. The van der Waals surface area contributed by atoms with Gasteiger partial charge in [-0.2, -0.15) is 0 Å². The zero-order valence-electron chi connectivity index (χ0n) is 18.6. The molecule has 0 radical (unpaired) electrons. The van der Waals surface area contributed by atoms with Crippen LogP contribution < -0.4 is 5.32 Å². The predicted octanol–water partition coefficient (Wildman–Crippen LogP) is 5.01. The second-order valence-corrected chi connectivity index (χ2v) is 8.95. The minimum atomic E-state index is -0.425. The van der Waals surface area contributed by atoms with Crippen molar-refractivity contribution in [1.82, 2.24) is 9.80 Å². The van der Waals surface area contributed by atoms with E-state index in [1.165, 1.54) is 18.2 Å². The van der Waals surface area contributed by atoms with E-state index in [0.29, 0.717) is 57.6 Å². The number of hydrogen-bond acceptors (Lipinski definition) is 4. The van der Waals surface area contributed by atoms with Crippen LogP contribution in [0.25, 0.3) is 23.0 Å². The van der Waals surface area contributed by atoms with E-state index in [4.69, 9.17) is 16.0 Å². The first-order chi connectivity index (χ1) is 16.4. The number of carbonyl (C=O) groups is 2. The van der Waals surface area contributed by atoms with Gasteiger partial charge in [-0.1, -0.05) is 11.6 Å². The minimum Gasteiger partial charge on any atom is -0.457 e. The fourth-order valence-electron chi connectivity index (χ4n) is 4.30. The van der Waals surface area contributed by atoms with E-state index in [9.17, 15) is 14.0 Å². The van der Waals surface area contributed by atoms with Gasteiger partial charge in [0.2, 0.25) is 0 Å². The molecule has 0 unspecified atom stereocenters. The Hall–Kier alpha value is -3.42. The van der Waals surface area contributed by atoms with E-state index in [-0.39, 0.29) is 11.8 Å². The van der Waals surface area contributed by atoms with Crippen LogP contribution >= 0.6 is 11.6 Å². The van der Waals surface area contributed by atoms with Crippen molar-refractivity contribution in [3.05, 3.63) is 76.3 Å². The number of hydrogen-bond donors (Lipinski definition) is 1. The van der Waals surface area contributed by atoms with Crippen molar-refractivity contribution in [1.29, 1.82) is 0 Å². The number of nitrogens with zero attached hydrogens (tertiary/aromatic N) is 2. The predicted molar refractivity (Wildman–Crippen MR) is 130 cm³/mol. The van der Waals surface area contributed by atoms with Gasteiger partial charge in [0.1, 0.15) is 17.3 Å². The van der Waals surface area contributed by atoms with Gasteiger partial charge in [0.15, 0.2) is 0 Å². The lowest BCUT2D eigenvalue weighted by Crippen LogP contribution is -2.34. The zero-order chi connectivity index (χ0) is 23.8. The molecule has 3 heterocycles. The average molecular weight is 480 g/mol. The lowest BCUT2D eigenvalue weighted by molar-refractivity contribution is -0.110. The van der Waals surface area contributed by atoms with Crippen LogP contribution in [0.2, 0.25) is 5.02 Å². The molecule has 5 rings (SSSR count). The minimum absolute atomic E-state index is 0.0385. The fraction of sp³-hybridized carbons (Fsp3) is 0.231. The number of halogens is 2. The molecule has 1 fully saturated rings. The summed E-state index contributed by atoms with van der Waals surface area (Å²) < 4.78 is 19.7. The molecular formula is C26H23ClFN3O3. The van der Waals surface area contributed by atoms with E-state index in [1.807, 2.05) is 4.90 Å². The van der Waals surface area contributed by atoms with E-state index in [1.54, 1.807) is 36.4 Å². The molecule has 0 bridgehead atoms. The summed E-state index contributed by atoms with van der Waals surface area (Å²) in [5, 5.41) is 3.17. The highest BCUT2D eigenvalue weighted by atomic mass is 35.5. The molecule has 2 aliphatic heterocycles. The number of anilines is 1. The second kappa shape index (κ2) is 9.08. The Bertz CT molecular complexity index is 1320. The maximum atomic E-state index is 13.7. The van der Waals surface area contributed by atoms with Gasteiger partial charge in [-0.15, -0.1) is 0 Å². The summed E-state index contributed by atoms with van der Waals surface area (Å²) >= 11 is 6.44. The Morgan fingerprint density at radius 3 is 2.76 bits per heavy atom. The third-order valence-corrected chi connectivity index (χ3v) is 6.49. The number of furan rings is 1. The SMILES string of the molecule is CN1CCCN(C(=O)c2ccc(Cl)c(-c3ccc(/C=C4/C(=O)Nc5ccc(F)cc54)o3)c2)CC1. The molecule has 0 atom stereocenters. The topological polar surface area (TPSA) is 65.8 Å². The molecule has 1 saturated heterocycles. The Morgan fingerprint density at radius 2 is 1.91 bits per heavy atom. The maximum Gasteiger partial charge on any atom is 0.256 e. The zero-order valence-corrected chi connectivity index (χ0v) is 19.4. The van der Waals surface area contributed by atoms with E-state index in [0.717, 1.165) is 19.5 Å². The van der Waals surface area contributed by atoms with Crippen LogP contribution in [-0.2, 0) is 4.79 Å². The van der Waals surface area contributed by atoms with Crippen LogP contribution in [0, 0.1) is 5.82 Å². The fourth-order valence-corrected chi connectivity index (χ4v) is 4.51. The Kier molecular flexibility index (Phi) is 5.98. The molecule has 8 heteroatoms. The highest BCUT2D eigenvalue weighted by molar-refractivity contribution is 6.35. The monoisotopic (exact) mass is 479 g/mol. The van der Waals surface area contributed by atoms with E-state index < -0.39 is 5.82 Å². The van der Waals surface area contributed by atoms with Gasteiger partial charge in [-0.25, -0.2) is 4.39 Å². The Balaban J connectivity index is 1.43. The number of fused-ring (bicyclic) bond motifs is 1. The summed E-state index contributed by atoms with van der Waals surface area (Å²) in [6, 6.07) is 12.7. The summed E-state index contributed by atoms with van der Waals surface area (Å²) in [5.74, 6) is 0.0989. The van der Waals surface area contributed by atoms with Crippen LogP contribution in [0.15, 0.2) is 52.9 Å². The average Bonchev–Trinajstić information content (AvgIpc) is 3.33. The highest BCUT2D eigenvalue weighted by Crippen LogP contribution is 2.35. The van der Waals surface area contributed by atoms with E-state index >= 15 is 0 Å². The smallest absolute Gasteiger partial charge is 0.256 e. The lowest BCUT2D eigenvalue weighted by Gasteiger charge is -2.21. The molecule has 0 saturated carbocycles. The third kappa shape index (κ3) is 4.36. The van der Waals surface area contributed by atoms with Crippen molar-refractivity contribution in [3.8, 4) is 11.3 Å². The number of carbonyl (C=O) groups excluding carboxylic acids is 2.